The molecule has 0 atom stereocenters. The van der Waals surface area contributed by atoms with Gasteiger partial charge in [0.05, 0.1) is 5.52 Å². The van der Waals surface area contributed by atoms with E-state index in [1.54, 1.807) is 47.0 Å². The number of carbonyl (C=O) groups is 1. The fraction of sp³-hybridized carbons (Fsp3) is 0.0667. The highest BCUT2D eigenvalue weighted by molar-refractivity contribution is 6.30. The number of hydrogen-bond acceptors (Lipinski definition) is 4. The molecule has 0 aliphatic heterocycles. The van der Waals surface area contributed by atoms with Gasteiger partial charge >= 0.3 is 5.97 Å². The van der Waals surface area contributed by atoms with Crippen LogP contribution in [0.5, 0.6) is 5.75 Å². The number of pyridine rings is 1. The van der Waals surface area contributed by atoms with Gasteiger partial charge in [-0.1, -0.05) is 17.7 Å². The number of nitrogens with zero attached hydrogens (tertiary/aromatic N) is 2. The van der Waals surface area contributed by atoms with Crippen LogP contribution in [-0.4, -0.2) is 20.5 Å². The SMILES string of the molecule is Nc1ccn2c(COc3cccc(Cl)c3)nc(C(=O)O)c2c1. The van der Waals surface area contributed by atoms with Gasteiger partial charge < -0.3 is 15.6 Å². The third-order valence-corrected chi connectivity index (χ3v) is 3.34. The number of nitrogen functional groups attached to an aromatic ring is 1. The largest absolute Gasteiger partial charge is 0.486 e. The molecule has 0 aliphatic rings. The molecule has 3 N–H and O–H groups in total. The van der Waals surface area contributed by atoms with E-state index < -0.39 is 5.97 Å². The molecule has 6 nitrogen and oxygen atoms in total. The Kier molecular flexibility index (Phi) is 3.60. The molecule has 0 fully saturated rings. The standard InChI is InChI=1S/C15H12ClN3O3/c16-9-2-1-3-11(6-9)22-8-13-18-14(15(20)21)12-7-10(17)4-5-19(12)13/h1-7H,8,17H2,(H,20,21). The van der Waals surface area contributed by atoms with Crippen molar-refractivity contribution in [1.29, 1.82) is 0 Å². The molecule has 2 heterocycles. The van der Waals surface area contributed by atoms with Crippen molar-refractivity contribution in [3.05, 3.63) is 59.1 Å². The predicted molar refractivity (Wildman–Crippen MR) is 82.3 cm³/mol. The van der Waals surface area contributed by atoms with Gasteiger partial charge in [-0.25, -0.2) is 9.78 Å². The molecule has 2 aromatic heterocycles. The average Bonchev–Trinajstić information content (AvgIpc) is 2.83. The molecule has 112 valence electrons. The molecule has 0 saturated carbocycles. The molecule has 3 rings (SSSR count). The lowest BCUT2D eigenvalue weighted by Gasteiger charge is -2.06. The Labute approximate surface area is 130 Å². The van der Waals surface area contributed by atoms with Crippen LogP contribution in [0.2, 0.25) is 5.02 Å². The highest BCUT2D eigenvalue weighted by Crippen LogP contribution is 2.20. The van der Waals surface area contributed by atoms with Crippen molar-refractivity contribution in [3.8, 4) is 5.75 Å². The van der Waals surface area contributed by atoms with Crippen LogP contribution in [0.4, 0.5) is 5.69 Å². The van der Waals surface area contributed by atoms with Crippen LogP contribution in [-0.2, 0) is 6.61 Å². The number of aromatic nitrogens is 2. The minimum Gasteiger partial charge on any atom is -0.486 e. The van der Waals surface area contributed by atoms with Crippen LogP contribution in [0, 0.1) is 0 Å². The molecule has 0 bridgehead atoms. The number of carboxylic acid groups (broad SMARTS) is 1. The number of anilines is 1. The summed E-state index contributed by atoms with van der Waals surface area (Å²) in [6.07, 6.45) is 1.67. The lowest BCUT2D eigenvalue weighted by atomic mass is 10.3. The quantitative estimate of drug-likeness (QED) is 0.772. The normalized spacial score (nSPS) is 10.8. The summed E-state index contributed by atoms with van der Waals surface area (Å²) >= 11 is 5.89. The summed E-state index contributed by atoms with van der Waals surface area (Å²) in [5.41, 5.74) is 6.54. The van der Waals surface area contributed by atoms with E-state index in [4.69, 9.17) is 22.1 Å². The zero-order valence-corrected chi connectivity index (χ0v) is 12.1. The minimum atomic E-state index is -1.11. The number of benzene rings is 1. The second-order valence-electron chi connectivity index (χ2n) is 4.64. The van der Waals surface area contributed by atoms with Crippen LogP contribution < -0.4 is 10.5 Å². The maximum Gasteiger partial charge on any atom is 0.356 e. The van der Waals surface area contributed by atoms with E-state index in [0.717, 1.165) is 0 Å². The Morgan fingerprint density at radius 3 is 2.91 bits per heavy atom. The Morgan fingerprint density at radius 1 is 1.36 bits per heavy atom. The summed E-state index contributed by atoms with van der Waals surface area (Å²) in [4.78, 5) is 15.4. The highest BCUT2D eigenvalue weighted by Gasteiger charge is 2.17. The summed E-state index contributed by atoms with van der Waals surface area (Å²) in [6, 6.07) is 10.2. The van der Waals surface area contributed by atoms with Gasteiger partial charge in [0, 0.05) is 16.9 Å². The number of halogens is 1. The van der Waals surface area contributed by atoms with Crippen LogP contribution in [0.25, 0.3) is 5.52 Å². The van der Waals surface area contributed by atoms with Gasteiger partial charge in [0.25, 0.3) is 0 Å². The first-order chi connectivity index (χ1) is 10.5. The van der Waals surface area contributed by atoms with Gasteiger partial charge in [-0.3, -0.25) is 4.40 Å². The van der Waals surface area contributed by atoms with E-state index in [2.05, 4.69) is 4.98 Å². The van der Waals surface area contributed by atoms with E-state index in [1.807, 2.05) is 0 Å². The van der Waals surface area contributed by atoms with Gasteiger partial charge in [-0.05, 0) is 30.3 Å². The molecule has 22 heavy (non-hydrogen) atoms. The number of aromatic carboxylic acids is 1. The summed E-state index contributed by atoms with van der Waals surface area (Å²) in [7, 11) is 0. The first-order valence-electron chi connectivity index (χ1n) is 6.43. The summed E-state index contributed by atoms with van der Waals surface area (Å²) in [5, 5.41) is 9.79. The van der Waals surface area contributed by atoms with Crippen molar-refractivity contribution in [2.24, 2.45) is 0 Å². The molecule has 1 aromatic carbocycles. The molecular weight excluding hydrogens is 306 g/mol. The van der Waals surface area contributed by atoms with Gasteiger partial charge in [0.2, 0.25) is 0 Å². The number of carboxylic acids is 1. The maximum absolute atomic E-state index is 11.3. The summed E-state index contributed by atoms with van der Waals surface area (Å²) in [5.74, 6) is -0.0685. The Balaban J connectivity index is 1.95. The minimum absolute atomic E-state index is 0.0583. The molecular formula is C15H12ClN3O3. The first-order valence-corrected chi connectivity index (χ1v) is 6.80. The Morgan fingerprint density at radius 2 is 2.18 bits per heavy atom. The monoisotopic (exact) mass is 317 g/mol. The van der Waals surface area contributed by atoms with E-state index in [-0.39, 0.29) is 12.3 Å². The average molecular weight is 318 g/mol. The van der Waals surface area contributed by atoms with Crippen molar-refractivity contribution in [1.82, 2.24) is 9.38 Å². The Bertz CT molecular complexity index is 860. The Hall–Kier alpha value is -2.73. The number of fused-ring (bicyclic) bond motifs is 1. The van der Waals surface area contributed by atoms with E-state index in [0.29, 0.717) is 27.8 Å². The fourth-order valence-corrected chi connectivity index (χ4v) is 2.31. The van der Waals surface area contributed by atoms with Crippen molar-refractivity contribution in [2.75, 3.05) is 5.73 Å². The number of ether oxygens (including phenoxy) is 1. The van der Waals surface area contributed by atoms with Crippen LogP contribution >= 0.6 is 11.6 Å². The third-order valence-electron chi connectivity index (χ3n) is 3.11. The molecule has 0 unspecified atom stereocenters. The molecule has 0 spiro atoms. The highest BCUT2D eigenvalue weighted by atomic mass is 35.5. The fourth-order valence-electron chi connectivity index (χ4n) is 2.13. The molecule has 0 saturated heterocycles. The van der Waals surface area contributed by atoms with Gasteiger partial charge in [0.1, 0.15) is 12.4 Å². The van der Waals surface area contributed by atoms with Crippen molar-refractivity contribution >= 4 is 28.8 Å². The second kappa shape index (κ2) is 5.57. The number of nitrogens with two attached hydrogens (primary N) is 1. The molecule has 0 amide bonds. The lowest BCUT2D eigenvalue weighted by molar-refractivity contribution is 0.0693. The van der Waals surface area contributed by atoms with Crippen molar-refractivity contribution < 1.29 is 14.6 Å². The smallest absolute Gasteiger partial charge is 0.356 e. The topological polar surface area (TPSA) is 89.9 Å². The van der Waals surface area contributed by atoms with Crippen LogP contribution in [0.1, 0.15) is 16.3 Å². The lowest BCUT2D eigenvalue weighted by Crippen LogP contribution is -2.01. The van der Waals surface area contributed by atoms with Crippen LogP contribution in [0.3, 0.4) is 0 Å². The number of rotatable bonds is 4. The van der Waals surface area contributed by atoms with E-state index in [9.17, 15) is 9.90 Å². The predicted octanol–water partition coefficient (Wildman–Crippen LogP) is 2.85. The van der Waals surface area contributed by atoms with E-state index in [1.165, 1.54) is 0 Å². The molecule has 0 aliphatic carbocycles. The molecule has 3 aromatic rings. The summed E-state index contributed by atoms with van der Waals surface area (Å²) < 4.78 is 7.26. The first kappa shape index (κ1) is 14.2. The molecule has 0 radical (unpaired) electrons. The van der Waals surface area contributed by atoms with Crippen molar-refractivity contribution in [2.45, 2.75) is 6.61 Å². The zero-order valence-electron chi connectivity index (χ0n) is 11.4. The summed E-state index contributed by atoms with van der Waals surface area (Å²) in [6.45, 7) is 0.110. The molecule has 7 heteroatoms. The van der Waals surface area contributed by atoms with Gasteiger partial charge in [-0.15, -0.1) is 0 Å². The number of hydrogen-bond donors (Lipinski definition) is 2. The maximum atomic E-state index is 11.3. The van der Waals surface area contributed by atoms with Gasteiger partial charge in [0.15, 0.2) is 11.5 Å². The second-order valence-corrected chi connectivity index (χ2v) is 5.08. The third kappa shape index (κ3) is 2.68. The number of imidazole rings is 1. The van der Waals surface area contributed by atoms with Gasteiger partial charge in [-0.2, -0.15) is 0 Å². The van der Waals surface area contributed by atoms with Crippen molar-refractivity contribution in [3.63, 3.8) is 0 Å². The zero-order chi connectivity index (χ0) is 15.7. The van der Waals surface area contributed by atoms with E-state index >= 15 is 0 Å². The van der Waals surface area contributed by atoms with Crippen LogP contribution in [0.15, 0.2) is 42.6 Å².